The highest BCUT2D eigenvalue weighted by Gasteiger charge is 2.35. The Morgan fingerprint density at radius 1 is 1.19 bits per heavy atom. The van der Waals surface area contributed by atoms with Crippen LogP contribution in [0.4, 0.5) is 0 Å². The Bertz CT molecular complexity index is 1220. The summed E-state index contributed by atoms with van der Waals surface area (Å²) in [6.45, 7) is 4.08. The van der Waals surface area contributed by atoms with E-state index in [1.54, 1.807) is 19.4 Å². The number of carbonyl (C=O) groups is 2. The van der Waals surface area contributed by atoms with Crippen LogP contribution in [0.1, 0.15) is 75.9 Å². The van der Waals surface area contributed by atoms with Crippen molar-refractivity contribution < 1.29 is 19.1 Å². The van der Waals surface area contributed by atoms with Gasteiger partial charge in [-0.15, -0.1) is 0 Å². The lowest BCUT2D eigenvalue weighted by molar-refractivity contribution is 0.0675. The van der Waals surface area contributed by atoms with Gasteiger partial charge in [0.25, 0.3) is 11.8 Å². The summed E-state index contributed by atoms with van der Waals surface area (Å²) in [7, 11) is 1.59. The molecule has 0 saturated carbocycles. The van der Waals surface area contributed by atoms with Crippen molar-refractivity contribution in [2.45, 2.75) is 51.4 Å². The van der Waals surface area contributed by atoms with Gasteiger partial charge in [0.1, 0.15) is 5.69 Å². The highest BCUT2D eigenvalue weighted by atomic mass is 16.5. The molecule has 4 heterocycles. The zero-order valence-corrected chi connectivity index (χ0v) is 20.8. The lowest BCUT2D eigenvalue weighted by atomic mass is 10.0. The zero-order valence-electron chi connectivity index (χ0n) is 20.8. The number of carbonyl (C=O) groups excluding carboxylic acids is 2. The first-order chi connectivity index (χ1) is 17.6. The van der Waals surface area contributed by atoms with Gasteiger partial charge >= 0.3 is 0 Å². The molecule has 1 N–H and O–H groups in total. The van der Waals surface area contributed by atoms with E-state index in [0.717, 1.165) is 36.1 Å². The maximum absolute atomic E-state index is 13.8. The third kappa shape index (κ3) is 4.60. The molecular weight excluding hydrogens is 456 g/mol. The molecule has 8 nitrogen and oxygen atoms in total. The van der Waals surface area contributed by atoms with E-state index in [4.69, 9.17) is 9.47 Å². The fraction of sp³-hybridized carbons (Fsp3) is 0.393. The molecule has 1 fully saturated rings. The molecule has 2 amide bonds. The maximum atomic E-state index is 13.8. The Labute approximate surface area is 211 Å². The number of benzene rings is 1. The van der Waals surface area contributed by atoms with Crippen LogP contribution in [0.25, 0.3) is 0 Å². The number of ether oxygens (including phenoxy) is 2. The number of rotatable bonds is 7. The molecule has 3 aromatic rings. The molecule has 0 aliphatic carbocycles. The molecule has 0 bridgehead atoms. The predicted octanol–water partition coefficient (Wildman–Crippen LogP) is 4.28. The minimum atomic E-state index is -0.184. The zero-order chi connectivity index (χ0) is 25.1. The second-order valence-electron chi connectivity index (χ2n) is 9.23. The number of methoxy groups -OCH3 is 1. The Balaban J connectivity index is 1.42. The third-order valence-electron chi connectivity index (χ3n) is 7.15. The van der Waals surface area contributed by atoms with Gasteiger partial charge in [0.2, 0.25) is 5.88 Å². The summed E-state index contributed by atoms with van der Waals surface area (Å²) in [5, 5.41) is 3.16. The molecule has 5 rings (SSSR count). The van der Waals surface area contributed by atoms with Crippen LogP contribution >= 0.6 is 0 Å². The van der Waals surface area contributed by atoms with Gasteiger partial charge in [-0.3, -0.25) is 9.59 Å². The first kappa shape index (κ1) is 24.1. The van der Waals surface area contributed by atoms with Crippen LogP contribution in [-0.2, 0) is 17.9 Å². The molecule has 36 heavy (non-hydrogen) atoms. The molecule has 188 valence electrons. The summed E-state index contributed by atoms with van der Waals surface area (Å²) < 4.78 is 12.8. The van der Waals surface area contributed by atoms with E-state index < -0.39 is 0 Å². The van der Waals surface area contributed by atoms with Crippen molar-refractivity contribution in [1.82, 2.24) is 19.8 Å². The van der Waals surface area contributed by atoms with Crippen molar-refractivity contribution in [2.24, 2.45) is 0 Å². The van der Waals surface area contributed by atoms with Crippen LogP contribution in [0, 0.1) is 0 Å². The maximum Gasteiger partial charge on any atom is 0.271 e. The number of nitrogens with one attached hydrogen (secondary N) is 1. The van der Waals surface area contributed by atoms with Crippen molar-refractivity contribution >= 4 is 11.8 Å². The van der Waals surface area contributed by atoms with E-state index in [2.05, 4.69) is 10.3 Å². The van der Waals surface area contributed by atoms with Crippen molar-refractivity contribution in [3.8, 4) is 5.88 Å². The Morgan fingerprint density at radius 2 is 2.03 bits per heavy atom. The normalized spacial score (nSPS) is 17.9. The number of amides is 2. The number of nitrogens with zero attached hydrogens (tertiary/aromatic N) is 3. The van der Waals surface area contributed by atoms with Gasteiger partial charge in [-0.05, 0) is 36.5 Å². The lowest BCUT2D eigenvalue weighted by Crippen LogP contribution is -2.33. The van der Waals surface area contributed by atoms with E-state index in [0.29, 0.717) is 43.4 Å². The van der Waals surface area contributed by atoms with Crippen molar-refractivity contribution in [3.05, 3.63) is 82.8 Å². The van der Waals surface area contributed by atoms with E-state index >= 15 is 0 Å². The third-order valence-corrected chi connectivity index (χ3v) is 7.15. The standard InChI is InChI=1S/C28H32N4O4/c1-3-22(19-8-5-4-6-9-19)30-27(33)21-16-24(31-14-15-36-18-25(21)31)28(34)32-13-7-10-23(32)20-11-12-26(35-2)29-17-20/h4-6,8-9,11-12,16-17,22-23H,3,7,10,13-15,18H2,1-2H3,(H,30,33). The summed E-state index contributed by atoms with van der Waals surface area (Å²) in [6.07, 6.45) is 4.34. The SMILES string of the molecule is CCC(NC(=O)c1cc(C(=O)N2CCCC2c2ccc(OC)nc2)n2c1COCC2)c1ccccc1. The van der Waals surface area contributed by atoms with Crippen molar-refractivity contribution in [3.63, 3.8) is 0 Å². The van der Waals surface area contributed by atoms with Gasteiger partial charge in [-0.2, -0.15) is 0 Å². The van der Waals surface area contributed by atoms with Gasteiger partial charge in [0.05, 0.1) is 43.7 Å². The molecule has 2 unspecified atom stereocenters. The molecule has 1 saturated heterocycles. The summed E-state index contributed by atoms with van der Waals surface area (Å²) in [5.41, 5.74) is 3.85. The number of likely N-dealkylation sites (tertiary alicyclic amines) is 1. The van der Waals surface area contributed by atoms with Crippen LogP contribution < -0.4 is 10.1 Å². The van der Waals surface area contributed by atoms with E-state index in [1.807, 2.05) is 58.9 Å². The summed E-state index contributed by atoms with van der Waals surface area (Å²) >= 11 is 0. The smallest absolute Gasteiger partial charge is 0.271 e. The van der Waals surface area contributed by atoms with Crippen molar-refractivity contribution in [1.29, 1.82) is 0 Å². The minimum absolute atomic E-state index is 0.0540. The van der Waals surface area contributed by atoms with Crippen LogP contribution in [0.3, 0.4) is 0 Å². The molecule has 0 spiro atoms. The summed E-state index contributed by atoms with van der Waals surface area (Å²) in [5.74, 6) is 0.300. The molecule has 2 aliphatic rings. The average molecular weight is 489 g/mol. The summed E-state index contributed by atoms with van der Waals surface area (Å²) in [6, 6.07) is 15.3. The van der Waals surface area contributed by atoms with Crippen LogP contribution in [0.15, 0.2) is 54.7 Å². The van der Waals surface area contributed by atoms with E-state index in [1.165, 1.54) is 0 Å². The average Bonchev–Trinajstić information content (AvgIpc) is 3.57. The summed E-state index contributed by atoms with van der Waals surface area (Å²) in [4.78, 5) is 33.5. The van der Waals surface area contributed by atoms with Gasteiger partial charge in [0.15, 0.2) is 0 Å². The van der Waals surface area contributed by atoms with E-state index in [-0.39, 0.29) is 23.9 Å². The molecule has 2 aromatic heterocycles. The van der Waals surface area contributed by atoms with Gasteiger partial charge in [-0.1, -0.05) is 43.3 Å². The van der Waals surface area contributed by atoms with E-state index in [9.17, 15) is 9.59 Å². The molecule has 0 radical (unpaired) electrons. The van der Waals surface area contributed by atoms with Crippen LogP contribution in [0.5, 0.6) is 5.88 Å². The number of pyridine rings is 1. The first-order valence-corrected chi connectivity index (χ1v) is 12.6. The molecule has 2 aliphatic heterocycles. The van der Waals surface area contributed by atoms with Gasteiger partial charge in [-0.25, -0.2) is 4.98 Å². The highest BCUT2D eigenvalue weighted by Crippen LogP contribution is 2.34. The molecule has 2 atom stereocenters. The fourth-order valence-corrected chi connectivity index (χ4v) is 5.25. The highest BCUT2D eigenvalue weighted by molar-refractivity contribution is 6.01. The molecule has 1 aromatic carbocycles. The molecular formula is C28H32N4O4. The second kappa shape index (κ2) is 10.5. The van der Waals surface area contributed by atoms with Crippen LogP contribution in [-0.4, -0.2) is 46.5 Å². The van der Waals surface area contributed by atoms with Gasteiger partial charge < -0.3 is 24.3 Å². The number of hydrogen-bond acceptors (Lipinski definition) is 5. The second-order valence-corrected chi connectivity index (χ2v) is 9.23. The number of fused-ring (bicyclic) bond motifs is 1. The Hall–Kier alpha value is -3.65. The quantitative estimate of drug-likeness (QED) is 0.537. The number of hydrogen-bond donors (Lipinski definition) is 1. The largest absolute Gasteiger partial charge is 0.481 e. The first-order valence-electron chi connectivity index (χ1n) is 12.6. The van der Waals surface area contributed by atoms with Crippen LogP contribution in [0.2, 0.25) is 0 Å². The topological polar surface area (TPSA) is 85.7 Å². The monoisotopic (exact) mass is 488 g/mol. The van der Waals surface area contributed by atoms with Crippen molar-refractivity contribution in [2.75, 3.05) is 20.3 Å². The molecule has 8 heteroatoms. The number of aromatic nitrogens is 2. The Kier molecular flexibility index (Phi) is 7.04. The predicted molar refractivity (Wildman–Crippen MR) is 135 cm³/mol. The fourth-order valence-electron chi connectivity index (χ4n) is 5.25. The minimum Gasteiger partial charge on any atom is -0.481 e. The Morgan fingerprint density at radius 3 is 2.75 bits per heavy atom. The van der Waals surface area contributed by atoms with Gasteiger partial charge in [0, 0.05) is 25.4 Å². The lowest BCUT2D eigenvalue weighted by Gasteiger charge is -2.26.